The molecule has 0 amide bonds. The molecule has 1 radical (unpaired) electrons. The first-order valence-corrected chi connectivity index (χ1v) is 8.32. The molecule has 1 aromatic rings. The zero-order valence-corrected chi connectivity index (χ0v) is 14.7. The van der Waals surface area contributed by atoms with Gasteiger partial charge in [-0.05, 0) is 44.0 Å². The fraction of sp³-hybridized carbons (Fsp3) is 0.588. The van der Waals surface area contributed by atoms with E-state index in [-0.39, 0.29) is 25.0 Å². The third kappa shape index (κ3) is 7.93. The highest BCUT2D eigenvalue weighted by molar-refractivity contribution is 5.73. The number of carboxylic acid groups (broad SMARTS) is 1. The van der Waals surface area contributed by atoms with Gasteiger partial charge in [0, 0.05) is 12.6 Å². The van der Waals surface area contributed by atoms with Crippen molar-refractivity contribution in [2.24, 2.45) is 0 Å². The molecule has 1 aliphatic rings. The summed E-state index contributed by atoms with van der Waals surface area (Å²) in [5, 5.41) is 16.3. The normalized spacial score (nSPS) is 17.8. The number of rotatable bonds is 6. The van der Waals surface area contributed by atoms with Gasteiger partial charge in [-0.15, -0.1) is 0 Å². The molecule has 1 fully saturated rings. The van der Waals surface area contributed by atoms with Crippen LogP contribution in [-0.2, 0) is 11.0 Å². The fourth-order valence-corrected chi connectivity index (χ4v) is 2.61. The van der Waals surface area contributed by atoms with E-state index >= 15 is 0 Å². The first kappa shape index (κ1) is 24.0. The Morgan fingerprint density at radius 2 is 1.93 bits per heavy atom. The van der Waals surface area contributed by atoms with E-state index in [4.69, 9.17) is 14.6 Å². The molecule has 1 aliphatic heterocycles. The average Bonchev–Trinajstić information content (AvgIpc) is 3.05. The number of hydrogen-bond donors (Lipinski definition) is 2. The van der Waals surface area contributed by atoms with Crippen molar-refractivity contribution in [2.75, 3.05) is 26.3 Å². The number of halogens is 6. The number of likely N-dealkylation sites (tertiary alicyclic amines) is 1. The molecule has 2 rings (SSSR count). The van der Waals surface area contributed by atoms with E-state index in [2.05, 4.69) is 11.0 Å². The summed E-state index contributed by atoms with van der Waals surface area (Å²) in [5.74, 6) is -2.93. The summed E-state index contributed by atoms with van der Waals surface area (Å²) in [6.07, 6.45) is -6.84. The maximum atomic E-state index is 12.8. The van der Waals surface area contributed by atoms with Gasteiger partial charge in [-0.2, -0.15) is 26.3 Å². The van der Waals surface area contributed by atoms with Crippen LogP contribution >= 0.6 is 0 Å². The molecule has 1 heterocycles. The maximum Gasteiger partial charge on any atom is 0.490 e. The lowest BCUT2D eigenvalue weighted by molar-refractivity contribution is -0.192. The van der Waals surface area contributed by atoms with E-state index in [1.807, 2.05) is 0 Å². The maximum absolute atomic E-state index is 12.8. The fourth-order valence-electron chi connectivity index (χ4n) is 2.61. The molecule has 1 atom stereocenters. The number of carboxylic acids is 1. The first-order chi connectivity index (χ1) is 13.0. The highest BCUT2D eigenvalue weighted by Crippen LogP contribution is 2.35. The molecule has 0 saturated carbocycles. The summed E-state index contributed by atoms with van der Waals surface area (Å²) in [7, 11) is 0. The minimum absolute atomic E-state index is 0.132. The van der Waals surface area contributed by atoms with Gasteiger partial charge in [0.25, 0.3) is 0 Å². The number of aliphatic hydroxyl groups excluding tert-OH is 1. The number of nitrogens with zero attached hydrogens (tertiary/aromatic N) is 1. The van der Waals surface area contributed by atoms with Gasteiger partial charge < -0.3 is 14.9 Å². The first-order valence-electron chi connectivity index (χ1n) is 8.32. The third-order valence-electron chi connectivity index (χ3n) is 3.93. The monoisotopic (exact) mass is 416 g/mol. The summed E-state index contributed by atoms with van der Waals surface area (Å²) < 4.78 is 75.3. The molecule has 0 unspecified atom stereocenters. The Balaban J connectivity index is 0.000000480. The lowest BCUT2D eigenvalue weighted by atomic mass is 10.2. The number of aliphatic carboxylic acids is 1. The van der Waals surface area contributed by atoms with Gasteiger partial charge in [0.1, 0.15) is 5.75 Å². The van der Waals surface area contributed by atoms with Crippen molar-refractivity contribution in [3.8, 4) is 5.75 Å². The standard InChI is InChI=1S/C15H19F3NO2.C2HF3O2/c16-15(17,18)13-6-1-2-7-14(13)21-10-4-9-19-8-3-5-12(19)11-20;3-2(4,5)1(6)7/h1,6-7,12,20H,3-5,8-11H2;(H,6,7)/t12-;/m1./s1. The molecular formula is C17H20F6NO4. The van der Waals surface area contributed by atoms with Gasteiger partial charge in [-0.1, -0.05) is 6.07 Å². The Morgan fingerprint density at radius 1 is 1.29 bits per heavy atom. The molecule has 159 valence electrons. The molecule has 1 saturated heterocycles. The van der Waals surface area contributed by atoms with E-state index in [9.17, 15) is 31.4 Å². The molecule has 0 aromatic heterocycles. The van der Waals surface area contributed by atoms with Crippen molar-refractivity contribution in [3.05, 3.63) is 29.8 Å². The van der Waals surface area contributed by atoms with E-state index in [0.29, 0.717) is 6.42 Å². The van der Waals surface area contributed by atoms with Crippen LogP contribution in [0.4, 0.5) is 26.3 Å². The Morgan fingerprint density at radius 3 is 2.46 bits per heavy atom. The van der Waals surface area contributed by atoms with Crippen LogP contribution in [0.25, 0.3) is 0 Å². The topological polar surface area (TPSA) is 70.0 Å². The van der Waals surface area contributed by atoms with Crippen LogP contribution in [0.1, 0.15) is 24.8 Å². The lowest BCUT2D eigenvalue weighted by Gasteiger charge is -2.22. The number of ether oxygens (including phenoxy) is 1. The summed E-state index contributed by atoms with van der Waals surface area (Å²) in [6, 6.07) is 6.20. The SMILES string of the molecule is O=C(O)C(F)(F)F.OC[C@H]1CCCN1CCCOc1c[c]ccc1C(F)(F)F. The molecule has 5 nitrogen and oxygen atoms in total. The number of benzene rings is 1. The van der Waals surface area contributed by atoms with Gasteiger partial charge in [-0.3, -0.25) is 4.90 Å². The average molecular weight is 416 g/mol. The van der Waals surface area contributed by atoms with E-state index in [1.54, 1.807) is 0 Å². The van der Waals surface area contributed by atoms with Crippen LogP contribution in [0.5, 0.6) is 5.75 Å². The Labute approximate surface area is 157 Å². The molecule has 2 N–H and O–H groups in total. The number of carbonyl (C=O) groups is 1. The van der Waals surface area contributed by atoms with Crippen molar-refractivity contribution in [2.45, 2.75) is 37.7 Å². The minimum atomic E-state index is -5.08. The van der Waals surface area contributed by atoms with Crippen LogP contribution in [-0.4, -0.2) is 59.6 Å². The van der Waals surface area contributed by atoms with Gasteiger partial charge in [0.15, 0.2) is 0 Å². The molecule has 0 bridgehead atoms. The summed E-state index contributed by atoms with van der Waals surface area (Å²) in [5.41, 5.74) is -0.768. The van der Waals surface area contributed by atoms with Crippen LogP contribution in [0.3, 0.4) is 0 Å². The quantitative estimate of drug-likeness (QED) is 0.550. The second-order valence-electron chi connectivity index (χ2n) is 5.94. The van der Waals surface area contributed by atoms with Gasteiger partial charge in [0.05, 0.1) is 18.8 Å². The molecule has 0 aliphatic carbocycles. The molecule has 28 heavy (non-hydrogen) atoms. The van der Waals surface area contributed by atoms with E-state index in [1.165, 1.54) is 12.1 Å². The predicted octanol–water partition coefficient (Wildman–Crippen LogP) is 3.36. The highest BCUT2D eigenvalue weighted by Gasteiger charge is 2.38. The van der Waals surface area contributed by atoms with Crippen LogP contribution in [0, 0.1) is 6.07 Å². The minimum Gasteiger partial charge on any atom is -0.493 e. The smallest absolute Gasteiger partial charge is 0.490 e. The van der Waals surface area contributed by atoms with Gasteiger partial charge in [0.2, 0.25) is 0 Å². The summed E-state index contributed by atoms with van der Waals surface area (Å²) in [6.45, 7) is 2.00. The molecule has 1 aromatic carbocycles. The van der Waals surface area contributed by atoms with Gasteiger partial charge >= 0.3 is 18.3 Å². The molecule has 0 spiro atoms. The summed E-state index contributed by atoms with van der Waals surface area (Å²) in [4.78, 5) is 11.1. The Hall–Kier alpha value is -2.01. The largest absolute Gasteiger partial charge is 0.493 e. The second kappa shape index (κ2) is 10.5. The van der Waals surface area contributed by atoms with E-state index < -0.39 is 23.9 Å². The number of hydrogen-bond acceptors (Lipinski definition) is 4. The predicted molar refractivity (Wildman–Crippen MR) is 85.8 cm³/mol. The highest BCUT2D eigenvalue weighted by atomic mass is 19.4. The van der Waals surface area contributed by atoms with E-state index in [0.717, 1.165) is 32.0 Å². The zero-order chi connectivity index (χ0) is 21.4. The van der Waals surface area contributed by atoms with Crippen molar-refractivity contribution >= 4 is 5.97 Å². The Bertz CT molecular complexity index is 620. The van der Waals surface area contributed by atoms with Crippen molar-refractivity contribution in [3.63, 3.8) is 0 Å². The van der Waals surface area contributed by atoms with Crippen molar-refractivity contribution in [1.82, 2.24) is 4.90 Å². The number of alkyl halides is 6. The van der Waals surface area contributed by atoms with Crippen LogP contribution in [0.2, 0.25) is 0 Å². The van der Waals surface area contributed by atoms with Crippen LogP contribution in [0.15, 0.2) is 18.2 Å². The Kier molecular flexibility index (Phi) is 9.02. The third-order valence-corrected chi connectivity index (χ3v) is 3.93. The second-order valence-corrected chi connectivity index (χ2v) is 5.94. The summed E-state index contributed by atoms with van der Waals surface area (Å²) >= 11 is 0. The lowest BCUT2D eigenvalue weighted by Crippen LogP contribution is -2.33. The van der Waals surface area contributed by atoms with Crippen molar-refractivity contribution < 1.29 is 46.1 Å². The molecule has 11 heteroatoms. The molecular weight excluding hydrogens is 396 g/mol. The van der Waals surface area contributed by atoms with Crippen molar-refractivity contribution in [1.29, 1.82) is 0 Å². The number of aliphatic hydroxyl groups is 1. The van der Waals surface area contributed by atoms with Gasteiger partial charge in [-0.25, -0.2) is 4.79 Å². The van der Waals surface area contributed by atoms with Crippen LogP contribution < -0.4 is 4.74 Å². The zero-order valence-electron chi connectivity index (χ0n) is 14.7.